The van der Waals surface area contributed by atoms with Crippen molar-refractivity contribution < 1.29 is 4.74 Å². The number of ether oxygens (including phenoxy) is 1. The fraction of sp³-hybridized carbons (Fsp3) is 1.00. The van der Waals surface area contributed by atoms with Crippen LogP contribution in [-0.4, -0.2) is 29.4 Å². The molecule has 0 atom stereocenters. The van der Waals surface area contributed by atoms with Gasteiger partial charge in [0.25, 0.3) is 0 Å². The van der Waals surface area contributed by atoms with Crippen LogP contribution in [0, 0.1) is 0 Å². The Balaban J connectivity index is 0. The zero-order valence-electron chi connectivity index (χ0n) is 7.40. The van der Waals surface area contributed by atoms with Gasteiger partial charge in [0.1, 0.15) is 0 Å². The first-order valence-corrected chi connectivity index (χ1v) is 11.0. The van der Waals surface area contributed by atoms with Crippen molar-refractivity contribution in [2.45, 2.75) is 30.3 Å². The Labute approximate surface area is 64.8 Å². The Hall–Kier alpha value is 0.596. The molecule has 0 aromatic rings. The Morgan fingerprint density at radius 3 is 1.22 bits per heavy atom. The average Bonchev–Trinajstić information content (AvgIpc) is 1.66. The van der Waals surface area contributed by atoms with Crippen LogP contribution >= 0.6 is 0 Å². The van der Waals surface area contributed by atoms with E-state index in [1.165, 1.54) is 0 Å². The van der Waals surface area contributed by atoms with Crippen LogP contribution in [0.2, 0.25) is 16.4 Å². The van der Waals surface area contributed by atoms with Crippen LogP contribution in [0.5, 0.6) is 0 Å². The second kappa shape index (κ2) is 11.4. The van der Waals surface area contributed by atoms with E-state index < -0.39 is 16.2 Å². The summed E-state index contributed by atoms with van der Waals surface area (Å²) in [4.78, 5) is 0. The first-order valence-electron chi connectivity index (χ1n) is 3.72. The first kappa shape index (κ1) is 12.3. The molecule has 0 radical (unpaired) electrons. The van der Waals surface area contributed by atoms with E-state index in [2.05, 4.69) is 16.4 Å². The van der Waals surface area contributed by atoms with Gasteiger partial charge >= 0.3 is 32.7 Å². The third-order valence-corrected chi connectivity index (χ3v) is 0.408. The van der Waals surface area contributed by atoms with Crippen LogP contribution in [0.3, 0.4) is 0 Å². The fourth-order valence-corrected chi connectivity index (χ4v) is 0.204. The monoisotopic (exact) mass is 188 g/mol. The summed E-state index contributed by atoms with van der Waals surface area (Å²) in [5.41, 5.74) is 7.06. The predicted octanol–water partition coefficient (Wildman–Crippen LogP) is 2.41. The molecule has 0 unspecified atom stereocenters. The standard InChI is InChI=1S/C4H10O.3CH3.Ga/c1-3-5-4-2;;;;/h3-4H2,1-2H3;3*1H3;. The van der Waals surface area contributed by atoms with Gasteiger partial charge in [-0.05, 0) is 13.8 Å². The van der Waals surface area contributed by atoms with Crippen molar-refractivity contribution in [3.63, 3.8) is 0 Å². The van der Waals surface area contributed by atoms with E-state index in [9.17, 15) is 0 Å². The van der Waals surface area contributed by atoms with Crippen LogP contribution in [-0.2, 0) is 4.74 Å². The van der Waals surface area contributed by atoms with Crippen molar-refractivity contribution in [1.29, 1.82) is 0 Å². The molecule has 0 aromatic heterocycles. The minimum absolute atomic E-state index is 0.479. The van der Waals surface area contributed by atoms with Gasteiger partial charge < -0.3 is 4.74 Å². The van der Waals surface area contributed by atoms with Gasteiger partial charge in [0.15, 0.2) is 0 Å². The molecule has 0 aliphatic carbocycles. The summed E-state index contributed by atoms with van der Waals surface area (Å²) in [6.07, 6.45) is 0. The average molecular weight is 189 g/mol. The molecule has 0 fully saturated rings. The molecule has 2 heteroatoms. The number of rotatable bonds is 2. The Bertz CT molecular complexity index is 33.1. The van der Waals surface area contributed by atoms with E-state index in [0.29, 0.717) is 0 Å². The van der Waals surface area contributed by atoms with Gasteiger partial charge in [-0.25, -0.2) is 0 Å². The molecular weight excluding hydrogens is 170 g/mol. The summed E-state index contributed by atoms with van der Waals surface area (Å²) in [6.45, 7) is 5.67. The molecule has 9 heavy (non-hydrogen) atoms. The van der Waals surface area contributed by atoms with E-state index in [1.54, 1.807) is 0 Å². The van der Waals surface area contributed by atoms with Gasteiger partial charge in [-0.2, -0.15) is 0 Å². The van der Waals surface area contributed by atoms with Crippen molar-refractivity contribution in [3.8, 4) is 0 Å². The van der Waals surface area contributed by atoms with E-state index in [0.717, 1.165) is 13.2 Å². The van der Waals surface area contributed by atoms with Gasteiger partial charge in [-0.15, -0.1) is 0 Å². The molecule has 0 aliphatic heterocycles. The molecule has 0 saturated carbocycles. The fourth-order valence-electron chi connectivity index (χ4n) is 0.204. The van der Waals surface area contributed by atoms with Gasteiger partial charge in [-0.3, -0.25) is 0 Å². The normalized spacial score (nSPS) is 7.67. The Morgan fingerprint density at radius 2 is 1.22 bits per heavy atom. The van der Waals surface area contributed by atoms with E-state index in [-0.39, 0.29) is 0 Å². The molecule has 0 aliphatic rings. The molecule has 0 spiro atoms. The van der Waals surface area contributed by atoms with Crippen molar-refractivity contribution >= 4 is 16.2 Å². The van der Waals surface area contributed by atoms with Crippen molar-refractivity contribution in [2.24, 2.45) is 0 Å². The van der Waals surface area contributed by atoms with Crippen molar-refractivity contribution in [2.75, 3.05) is 13.2 Å². The Morgan fingerprint density at radius 1 is 1.00 bits per heavy atom. The van der Waals surface area contributed by atoms with Gasteiger partial charge in [-0.1, -0.05) is 0 Å². The summed E-state index contributed by atoms with van der Waals surface area (Å²) in [5.74, 6) is 0. The molecule has 0 heterocycles. The molecule has 1 nitrogen and oxygen atoms in total. The van der Waals surface area contributed by atoms with E-state index in [1.807, 2.05) is 13.8 Å². The molecular formula is C7H19GaO. The van der Waals surface area contributed by atoms with Gasteiger partial charge in [0.05, 0.1) is 0 Å². The summed E-state index contributed by atoms with van der Waals surface area (Å²) in [7, 11) is 0. The van der Waals surface area contributed by atoms with E-state index in [4.69, 9.17) is 4.74 Å². The van der Waals surface area contributed by atoms with Crippen LogP contribution in [0.25, 0.3) is 0 Å². The molecule has 0 saturated heterocycles. The van der Waals surface area contributed by atoms with Gasteiger partial charge in [0, 0.05) is 13.2 Å². The summed E-state index contributed by atoms with van der Waals surface area (Å²) < 4.78 is 4.83. The van der Waals surface area contributed by atoms with E-state index >= 15 is 0 Å². The summed E-state index contributed by atoms with van der Waals surface area (Å²) in [5, 5.41) is 0. The first-order chi connectivity index (χ1) is 4.15. The second-order valence-corrected chi connectivity index (χ2v) is 9.78. The zero-order chi connectivity index (χ0) is 7.70. The SMILES string of the molecule is CCOCC.[CH3][Ga]([CH3])[CH3]. The second-order valence-electron chi connectivity index (χ2n) is 2.51. The van der Waals surface area contributed by atoms with Crippen LogP contribution in [0.4, 0.5) is 0 Å². The molecule has 0 aromatic carbocycles. The molecule has 56 valence electrons. The van der Waals surface area contributed by atoms with Crippen LogP contribution in [0.15, 0.2) is 0 Å². The van der Waals surface area contributed by atoms with Crippen molar-refractivity contribution in [3.05, 3.63) is 0 Å². The third kappa shape index (κ3) is 55.5. The van der Waals surface area contributed by atoms with Crippen LogP contribution < -0.4 is 0 Å². The summed E-state index contributed by atoms with van der Waals surface area (Å²) in [6, 6.07) is 0. The molecule has 0 N–H and O–H groups in total. The van der Waals surface area contributed by atoms with Crippen molar-refractivity contribution in [1.82, 2.24) is 0 Å². The molecule has 0 rings (SSSR count). The quantitative estimate of drug-likeness (QED) is 0.606. The Kier molecular flexibility index (Phi) is 15.6. The summed E-state index contributed by atoms with van der Waals surface area (Å²) >= 11 is -0.479. The zero-order valence-corrected chi connectivity index (χ0v) is 9.82. The molecule has 0 bridgehead atoms. The van der Waals surface area contributed by atoms with Gasteiger partial charge in [0.2, 0.25) is 0 Å². The minimum atomic E-state index is -0.479. The molecule has 0 amide bonds. The van der Waals surface area contributed by atoms with Crippen LogP contribution in [0.1, 0.15) is 13.8 Å². The maximum absolute atomic E-state index is 4.83. The maximum atomic E-state index is 4.83. The number of hydrogen-bond acceptors (Lipinski definition) is 1. The third-order valence-electron chi connectivity index (χ3n) is 0.408. The number of hydrogen-bond donors (Lipinski definition) is 0. The topological polar surface area (TPSA) is 9.23 Å². The predicted molar refractivity (Wildman–Crippen MR) is 45.5 cm³/mol.